The summed E-state index contributed by atoms with van der Waals surface area (Å²) in [7, 11) is 0. The highest BCUT2D eigenvalue weighted by Crippen LogP contribution is 2.41. The third kappa shape index (κ3) is 2.12. The predicted molar refractivity (Wildman–Crippen MR) is 56.0 cm³/mol. The first-order valence-electron chi connectivity index (χ1n) is 6.11. The summed E-state index contributed by atoms with van der Waals surface area (Å²) in [6.45, 7) is 0. The summed E-state index contributed by atoms with van der Waals surface area (Å²) in [6, 6.07) is 0. The second-order valence-electron chi connectivity index (χ2n) is 5.17. The Kier molecular flexibility index (Phi) is 3.13. The van der Waals surface area contributed by atoms with Gasteiger partial charge in [0.05, 0.1) is 11.7 Å². The molecule has 0 saturated heterocycles. The van der Waals surface area contributed by atoms with Crippen LogP contribution in [0.15, 0.2) is 0 Å². The van der Waals surface area contributed by atoms with Crippen LogP contribution in [-0.4, -0.2) is 21.9 Å². The normalized spacial score (nSPS) is 38.1. The molecular formula is C12H22O2. The molecule has 0 aromatic heterocycles. The fraction of sp³-hybridized carbons (Fsp3) is 1.00. The van der Waals surface area contributed by atoms with Gasteiger partial charge in [0, 0.05) is 0 Å². The second kappa shape index (κ2) is 4.19. The molecule has 2 atom stereocenters. The number of rotatable bonds is 1. The maximum absolute atomic E-state index is 10.4. The van der Waals surface area contributed by atoms with Crippen molar-refractivity contribution in [2.45, 2.75) is 69.5 Å². The van der Waals surface area contributed by atoms with Gasteiger partial charge in [0.25, 0.3) is 0 Å². The number of hydrogen-bond acceptors (Lipinski definition) is 2. The standard InChI is InChI=1S/C12H22O2/c13-11-5-3-4-10(6-7-11)12(14)8-1-2-9-12/h10-11,13-14H,1-9H2. The van der Waals surface area contributed by atoms with Gasteiger partial charge in [-0.3, -0.25) is 0 Å². The van der Waals surface area contributed by atoms with Crippen molar-refractivity contribution >= 4 is 0 Å². The molecule has 14 heavy (non-hydrogen) atoms. The molecule has 0 aromatic carbocycles. The molecule has 0 heterocycles. The zero-order valence-electron chi connectivity index (χ0n) is 8.91. The summed E-state index contributed by atoms with van der Waals surface area (Å²) in [4.78, 5) is 0. The molecule has 2 fully saturated rings. The van der Waals surface area contributed by atoms with Gasteiger partial charge in [0.2, 0.25) is 0 Å². The number of hydrogen-bond donors (Lipinski definition) is 2. The zero-order valence-corrected chi connectivity index (χ0v) is 8.91. The second-order valence-corrected chi connectivity index (χ2v) is 5.17. The van der Waals surface area contributed by atoms with E-state index in [1.54, 1.807) is 0 Å². The lowest BCUT2D eigenvalue weighted by molar-refractivity contribution is -0.0195. The van der Waals surface area contributed by atoms with Crippen LogP contribution in [0.4, 0.5) is 0 Å². The lowest BCUT2D eigenvalue weighted by Gasteiger charge is -2.32. The minimum atomic E-state index is -0.371. The van der Waals surface area contributed by atoms with Crippen molar-refractivity contribution in [3.8, 4) is 0 Å². The van der Waals surface area contributed by atoms with Crippen molar-refractivity contribution < 1.29 is 10.2 Å². The molecule has 0 bridgehead atoms. The maximum Gasteiger partial charge on any atom is 0.0675 e. The molecule has 2 aliphatic carbocycles. The average molecular weight is 198 g/mol. The van der Waals surface area contributed by atoms with Gasteiger partial charge in [0.1, 0.15) is 0 Å². The molecule has 82 valence electrons. The minimum Gasteiger partial charge on any atom is -0.393 e. The van der Waals surface area contributed by atoms with Crippen molar-refractivity contribution in [2.24, 2.45) is 5.92 Å². The Morgan fingerprint density at radius 3 is 2.29 bits per heavy atom. The van der Waals surface area contributed by atoms with E-state index >= 15 is 0 Å². The van der Waals surface area contributed by atoms with Crippen LogP contribution in [0.3, 0.4) is 0 Å². The molecule has 0 amide bonds. The number of aliphatic hydroxyl groups is 2. The van der Waals surface area contributed by atoms with Crippen LogP contribution in [0.25, 0.3) is 0 Å². The third-order valence-corrected chi connectivity index (χ3v) is 4.17. The molecule has 0 aliphatic heterocycles. The first-order valence-corrected chi connectivity index (χ1v) is 6.11. The van der Waals surface area contributed by atoms with Gasteiger partial charge in [-0.1, -0.05) is 19.3 Å². The van der Waals surface area contributed by atoms with Crippen LogP contribution in [0, 0.1) is 5.92 Å². The summed E-state index contributed by atoms with van der Waals surface area (Å²) < 4.78 is 0. The van der Waals surface area contributed by atoms with Gasteiger partial charge in [-0.2, -0.15) is 0 Å². The summed E-state index contributed by atoms with van der Waals surface area (Å²) in [5.41, 5.74) is -0.371. The highest BCUT2D eigenvalue weighted by atomic mass is 16.3. The Morgan fingerprint density at radius 1 is 0.857 bits per heavy atom. The van der Waals surface area contributed by atoms with E-state index in [1.807, 2.05) is 0 Å². The maximum atomic E-state index is 10.4. The first kappa shape index (κ1) is 10.4. The van der Waals surface area contributed by atoms with E-state index < -0.39 is 0 Å². The molecule has 2 unspecified atom stereocenters. The SMILES string of the molecule is OC1CCCC(C2(O)CCCC2)CC1. The highest BCUT2D eigenvalue weighted by molar-refractivity contribution is 4.92. The molecule has 0 aromatic rings. The molecule has 2 heteroatoms. The lowest BCUT2D eigenvalue weighted by Crippen LogP contribution is -2.34. The Labute approximate surface area is 86.3 Å². The molecule has 2 N–H and O–H groups in total. The Bertz CT molecular complexity index is 185. The van der Waals surface area contributed by atoms with Gasteiger partial charge < -0.3 is 10.2 Å². The first-order chi connectivity index (χ1) is 6.71. The molecule has 2 nitrogen and oxygen atoms in total. The fourth-order valence-electron chi connectivity index (χ4n) is 3.21. The van der Waals surface area contributed by atoms with Crippen molar-refractivity contribution in [1.82, 2.24) is 0 Å². The Hall–Kier alpha value is -0.0800. The minimum absolute atomic E-state index is 0.106. The van der Waals surface area contributed by atoms with E-state index in [9.17, 15) is 10.2 Å². The largest absolute Gasteiger partial charge is 0.393 e. The fourth-order valence-corrected chi connectivity index (χ4v) is 3.21. The number of aliphatic hydroxyl groups excluding tert-OH is 1. The third-order valence-electron chi connectivity index (χ3n) is 4.17. The average Bonchev–Trinajstić information content (AvgIpc) is 2.47. The van der Waals surface area contributed by atoms with E-state index in [2.05, 4.69) is 0 Å². The van der Waals surface area contributed by atoms with Gasteiger partial charge in [0.15, 0.2) is 0 Å². The van der Waals surface area contributed by atoms with Crippen molar-refractivity contribution in [3.63, 3.8) is 0 Å². The van der Waals surface area contributed by atoms with Crippen LogP contribution in [0.2, 0.25) is 0 Å². The van der Waals surface area contributed by atoms with Gasteiger partial charge in [-0.25, -0.2) is 0 Å². The molecule has 2 aliphatic rings. The van der Waals surface area contributed by atoms with E-state index in [1.165, 1.54) is 12.8 Å². The van der Waals surface area contributed by atoms with Crippen LogP contribution in [-0.2, 0) is 0 Å². The molecule has 0 radical (unpaired) electrons. The zero-order chi connectivity index (χ0) is 10.0. The molecule has 2 saturated carbocycles. The van der Waals surface area contributed by atoms with Crippen LogP contribution < -0.4 is 0 Å². The molecule has 2 rings (SSSR count). The van der Waals surface area contributed by atoms with E-state index in [-0.39, 0.29) is 11.7 Å². The van der Waals surface area contributed by atoms with Gasteiger partial charge >= 0.3 is 0 Å². The van der Waals surface area contributed by atoms with Crippen molar-refractivity contribution in [1.29, 1.82) is 0 Å². The van der Waals surface area contributed by atoms with Crippen molar-refractivity contribution in [2.75, 3.05) is 0 Å². The lowest BCUT2D eigenvalue weighted by atomic mass is 9.81. The summed E-state index contributed by atoms with van der Waals surface area (Å²) in [6.07, 6.45) is 9.33. The molecular weight excluding hydrogens is 176 g/mol. The van der Waals surface area contributed by atoms with Crippen molar-refractivity contribution in [3.05, 3.63) is 0 Å². The van der Waals surface area contributed by atoms with Gasteiger partial charge in [-0.15, -0.1) is 0 Å². The summed E-state index contributed by atoms with van der Waals surface area (Å²) >= 11 is 0. The van der Waals surface area contributed by atoms with E-state index in [0.717, 1.165) is 44.9 Å². The van der Waals surface area contributed by atoms with Gasteiger partial charge in [-0.05, 0) is 44.4 Å². The van der Waals surface area contributed by atoms with Crippen LogP contribution in [0.5, 0.6) is 0 Å². The summed E-state index contributed by atoms with van der Waals surface area (Å²) in [5.74, 6) is 0.460. The quantitative estimate of drug-likeness (QED) is 0.634. The summed E-state index contributed by atoms with van der Waals surface area (Å²) in [5, 5.41) is 20.0. The smallest absolute Gasteiger partial charge is 0.0675 e. The Balaban J connectivity index is 1.95. The topological polar surface area (TPSA) is 40.5 Å². The predicted octanol–water partition coefficient (Wildman–Crippen LogP) is 2.23. The van der Waals surface area contributed by atoms with E-state index in [0.29, 0.717) is 5.92 Å². The Morgan fingerprint density at radius 2 is 1.57 bits per heavy atom. The molecule has 0 spiro atoms. The highest BCUT2D eigenvalue weighted by Gasteiger charge is 2.39. The van der Waals surface area contributed by atoms with E-state index in [4.69, 9.17) is 0 Å². The van der Waals surface area contributed by atoms with Crippen LogP contribution >= 0.6 is 0 Å². The van der Waals surface area contributed by atoms with Crippen LogP contribution in [0.1, 0.15) is 57.8 Å². The monoisotopic (exact) mass is 198 g/mol.